The number of nitrogens with two attached hydrogens (primary N) is 1. The number of nitrogens with zero attached hydrogens (tertiary/aromatic N) is 3. The fourth-order valence-electron chi connectivity index (χ4n) is 1.50. The van der Waals surface area contributed by atoms with Gasteiger partial charge >= 0.3 is 0 Å². The van der Waals surface area contributed by atoms with E-state index >= 15 is 0 Å². The number of morpholine rings is 1. The monoisotopic (exact) mass is 212 g/mol. The van der Waals surface area contributed by atoms with Crippen LogP contribution in [0.25, 0.3) is 0 Å². The second-order valence-electron chi connectivity index (χ2n) is 3.90. The fourth-order valence-corrected chi connectivity index (χ4v) is 1.50. The number of aromatic nitrogens is 2. The number of likely N-dealkylation sites (N-methyl/N-ethyl adjacent to an activating group) is 1. The molecule has 0 saturated carbocycles. The number of ether oxygens (including phenoxy) is 1. The second kappa shape index (κ2) is 4.26. The third-order valence-electron chi connectivity index (χ3n) is 2.40. The first-order valence-electron chi connectivity index (χ1n) is 5.06. The Morgan fingerprint density at radius 2 is 2.40 bits per heavy atom. The molecule has 2 heterocycles. The van der Waals surface area contributed by atoms with Gasteiger partial charge in [-0.05, 0) is 14.0 Å². The van der Waals surface area contributed by atoms with Crippen LogP contribution in [0.4, 0.5) is 0 Å². The summed E-state index contributed by atoms with van der Waals surface area (Å²) in [7, 11) is 2.04. The first kappa shape index (κ1) is 10.5. The van der Waals surface area contributed by atoms with Crippen molar-refractivity contribution in [2.24, 2.45) is 5.73 Å². The molecule has 2 N–H and O–H groups in total. The zero-order chi connectivity index (χ0) is 10.8. The van der Waals surface area contributed by atoms with Crippen molar-refractivity contribution in [3.8, 4) is 0 Å². The van der Waals surface area contributed by atoms with Crippen LogP contribution >= 0.6 is 0 Å². The van der Waals surface area contributed by atoms with Crippen LogP contribution in [-0.2, 0) is 4.74 Å². The lowest BCUT2D eigenvalue weighted by Crippen LogP contribution is -2.35. The van der Waals surface area contributed by atoms with Gasteiger partial charge in [0.15, 0.2) is 0 Å². The van der Waals surface area contributed by atoms with Gasteiger partial charge < -0.3 is 19.9 Å². The van der Waals surface area contributed by atoms with E-state index in [-0.39, 0.29) is 12.1 Å². The standard InChI is InChI=1S/C9H16N4O2/c1-6(10)9-11-8(12-15-9)7-5-13(2)3-4-14-7/h6-7H,3-5,10H2,1-2H3. The first-order valence-corrected chi connectivity index (χ1v) is 5.06. The molecule has 1 aliphatic heterocycles. The molecule has 0 amide bonds. The van der Waals surface area contributed by atoms with Crippen LogP contribution in [0.5, 0.6) is 0 Å². The summed E-state index contributed by atoms with van der Waals surface area (Å²) >= 11 is 0. The highest BCUT2D eigenvalue weighted by atomic mass is 16.5. The minimum absolute atomic E-state index is 0.0972. The zero-order valence-electron chi connectivity index (χ0n) is 9.01. The summed E-state index contributed by atoms with van der Waals surface area (Å²) in [6.07, 6.45) is -0.0972. The summed E-state index contributed by atoms with van der Waals surface area (Å²) < 4.78 is 10.6. The zero-order valence-corrected chi connectivity index (χ0v) is 9.01. The van der Waals surface area contributed by atoms with Gasteiger partial charge in [0.1, 0.15) is 6.10 Å². The Bertz CT molecular complexity index is 326. The van der Waals surface area contributed by atoms with E-state index in [1.807, 2.05) is 14.0 Å². The van der Waals surface area contributed by atoms with Gasteiger partial charge in [-0.15, -0.1) is 0 Å². The molecule has 0 radical (unpaired) electrons. The molecule has 15 heavy (non-hydrogen) atoms. The summed E-state index contributed by atoms with van der Waals surface area (Å²) in [5.74, 6) is 1.05. The SMILES string of the molecule is CC(N)c1nc(C2CN(C)CCO2)no1. The number of hydrogen-bond acceptors (Lipinski definition) is 6. The lowest BCUT2D eigenvalue weighted by molar-refractivity contribution is -0.0264. The van der Waals surface area contributed by atoms with E-state index in [9.17, 15) is 0 Å². The van der Waals surface area contributed by atoms with E-state index in [0.29, 0.717) is 18.3 Å². The van der Waals surface area contributed by atoms with Crippen LogP contribution in [0.2, 0.25) is 0 Å². The quantitative estimate of drug-likeness (QED) is 0.748. The summed E-state index contributed by atoms with van der Waals surface area (Å²) in [5.41, 5.74) is 5.64. The minimum Gasteiger partial charge on any atom is -0.367 e. The van der Waals surface area contributed by atoms with Crippen LogP contribution < -0.4 is 5.73 Å². The smallest absolute Gasteiger partial charge is 0.243 e. The van der Waals surface area contributed by atoms with E-state index in [1.54, 1.807) is 0 Å². The molecule has 84 valence electrons. The Balaban J connectivity index is 2.08. The Morgan fingerprint density at radius 1 is 1.60 bits per heavy atom. The molecular weight excluding hydrogens is 196 g/mol. The highest BCUT2D eigenvalue weighted by Crippen LogP contribution is 2.19. The van der Waals surface area contributed by atoms with Gasteiger partial charge in [0.2, 0.25) is 11.7 Å². The third kappa shape index (κ3) is 2.34. The highest BCUT2D eigenvalue weighted by molar-refractivity contribution is 4.95. The maximum absolute atomic E-state index is 5.64. The molecule has 6 nitrogen and oxygen atoms in total. The van der Waals surface area contributed by atoms with Crippen LogP contribution in [0.3, 0.4) is 0 Å². The molecule has 0 aliphatic carbocycles. The average molecular weight is 212 g/mol. The van der Waals surface area contributed by atoms with Gasteiger partial charge in [0, 0.05) is 13.1 Å². The maximum atomic E-state index is 5.64. The Hall–Kier alpha value is -0.980. The van der Waals surface area contributed by atoms with Crippen LogP contribution in [0.15, 0.2) is 4.52 Å². The molecule has 2 unspecified atom stereocenters. The topological polar surface area (TPSA) is 77.4 Å². The molecule has 6 heteroatoms. The summed E-state index contributed by atoms with van der Waals surface area (Å²) in [6, 6.07) is -0.229. The lowest BCUT2D eigenvalue weighted by atomic mass is 10.2. The van der Waals surface area contributed by atoms with Crippen LogP contribution in [0.1, 0.15) is 30.8 Å². The summed E-state index contributed by atoms with van der Waals surface area (Å²) in [5, 5.41) is 3.88. The summed E-state index contributed by atoms with van der Waals surface area (Å²) in [4.78, 5) is 6.39. The normalized spacial score (nSPS) is 25.4. The van der Waals surface area contributed by atoms with Crippen molar-refractivity contribution < 1.29 is 9.26 Å². The molecule has 2 rings (SSSR count). The van der Waals surface area contributed by atoms with Crippen molar-refractivity contribution in [2.45, 2.75) is 19.1 Å². The van der Waals surface area contributed by atoms with Crippen molar-refractivity contribution in [1.82, 2.24) is 15.0 Å². The predicted molar refractivity (Wildman–Crippen MR) is 53.1 cm³/mol. The molecule has 1 fully saturated rings. The molecule has 0 aromatic carbocycles. The predicted octanol–water partition coefficient (Wildman–Crippen LogP) is 0.0924. The summed E-state index contributed by atoms with van der Waals surface area (Å²) in [6.45, 7) is 4.24. The number of hydrogen-bond donors (Lipinski definition) is 1. The van der Waals surface area contributed by atoms with Gasteiger partial charge in [-0.25, -0.2) is 0 Å². The van der Waals surface area contributed by atoms with Gasteiger partial charge in [-0.1, -0.05) is 5.16 Å². The number of rotatable bonds is 2. The van der Waals surface area contributed by atoms with E-state index < -0.39 is 0 Å². The van der Waals surface area contributed by atoms with E-state index in [2.05, 4.69) is 15.0 Å². The minimum atomic E-state index is -0.229. The van der Waals surface area contributed by atoms with Gasteiger partial charge in [-0.2, -0.15) is 4.98 Å². The molecule has 1 aromatic heterocycles. The Labute approximate surface area is 88.4 Å². The van der Waals surface area contributed by atoms with Crippen LogP contribution in [-0.4, -0.2) is 41.8 Å². The van der Waals surface area contributed by atoms with Gasteiger partial charge in [0.25, 0.3) is 0 Å². The molecule has 0 spiro atoms. The van der Waals surface area contributed by atoms with Gasteiger partial charge in [0.05, 0.1) is 12.6 Å². The first-order chi connectivity index (χ1) is 7.16. The van der Waals surface area contributed by atoms with Gasteiger partial charge in [-0.3, -0.25) is 0 Å². The largest absolute Gasteiger partial charge is 0.367 e. The fraction of sp³-hybridized carbons (Fsp3) is 0.778. The average Bonchev–Trinajstić information content (AvgIpc) is 2.66. The van der Waals surface area contributed by atoms with Crippen molar-refractivity contribution in [2.75, 3.05) is 26.7 Å². The molecule has 0 bridgehead atoms. The highest BCUT2D eigenvalue weighted by Gasteiger charge is 2.24. The van der Waals surface area contributed by atoms with Crippen molar-refractivity contribution in [3.63, 3.8) is 0 Å². The second-order valence-corrected chi connectivity index (χ2v) is 3.90. The molecule has 2 atom stereocenters. The van der Waals surface area contributed by atoms with Crippen LogP contribution in [0, 0.1) is 0 Å². The van der Waals surface area contributed by atoms with E-state index in [0.717, 1.165) is 13.1 Å². The Morgan fingerprint density at radius 3 is 3.00 bits per heavy atom. The maximum Gasteiger partial charge on any atom is 0.243 e. The third-order valence-corrected chi connectivity index (χ3v) is 2.40. The van der Waals surface area contributed by atoms with Crippen molar-refractivity contribution in [3.05, 3.63) is 11.7 Å². The molecule has 1 aliphatic rings. The molecule has 1 aromatic rings. The van der Waals surface area contributed by atoms with Crippen molar-refractivity contribution in [1.29, 1.82) is 0 Å². The van der Waals surface area contributed by atoms with E-state index in [1.165, 1.54) is 0 Å². The lowest BCUT2D eigenvalue weighted by Gasteiger charge is -2.27. The van der Waals surface area contributed by atoms with Crippen molar-refractivity contribution >= 4 is 0 Å². The molecular formula is C9H16N4O2. The van der Waals surface area contributed by atoms with E-state index in [4.69, 9.17) is 15.0 Å². The Kier molecular flexibility index (Phi) is 2.99. The molecule has 1 saturated heterocycles.